The van der Waals surface area contributed by atoms with E-state index in [9.17, 15) is 5.11 Å². The van der Waals surface area contributed by atoms with Crippen molar-refractivity contribution in [1.82, 2.24) is 9.78 Å². The zero-order chi connectivity index (χ0) is 9.68. The molecule has 0 saturated heterocycles. The molecule has 74 valence electrons. The van der Waals surface area contributed by atoms with Crippen LogP contribution in [0.3, 0.4) is 0 Å². The van der Waals surface area contributed by atoms with Crippen LogP contribution in [0.5, 0.6) is 0 Å². The van der Waals surface area contributed by atoms with Crippen molar-refractivity contribution in [1.29, 1.82) is 0 Å². The molecule has 0 spiro atoms. The maximum atomic E-state index is 9.79. The second-order valence-corrected chi connectivity index (χ2v) is 3.23. The first-order chi connectivity index (χ1) is 6.29. The third-order valence-corrected chi connectivity index (χ3v) is 2.22. The summed E-state index contributed by atoms with van der Waals surface area (Å²) in [6.45, 7) is 4.98. The van der Waals surface area contributed by atoms with E-state index < -0.39 is 0 Å². The van der Waals surface area contributed by atoms with Gasteiger partial charge in [0.1, 0.15) is 0 Å². The predicted molar refractivity (Wildman–Crippen MR) is 52.4 cm³/mol. The van der Waals surface area contributed by atoms with Gasteiger partial charge in [-0.25, -0.2) is 0 Å². The SMILES string of the molecule is CCCCC(O)c1ccnn1CC. The minimum Gasteiger partial charge on any atom is -0.387 e. The van der Waals surface area contributed by atoms with Crippen LogP contribution in [0.1, 0.15) is 44.9 Å². The third-order valence-electron chi connectivity index (χ3n) is 2.22. The zero-order valence-electron chi connectivity index (χ0n) is 8.40. The topological polar surface area (TPSA) is 38.1 Å². The number of unbranched alkanes of at least 4 members (excludes halogenated alkanes) is 1. The summed E-state index contributed by atoms with van der Waals surface area (Å²) in [5, 5.41) is 13.9. The van der Waals surface area contributed by atoms with Gasteiger partial charge in [-0.1, -0.05) is 19.8 Å². The highest BCUT2D eigenvalue weighted by molar-refractivity contribution is 5.04. The molecule has 1 aromatic rings. The van der Waals surface area contributed by atoms with Crippen LogP contribution in [0.15, 0.2) is 12.3 Å². The lowest BCUT2D eigenvalue weighted by molar-refractivity contribution is 0.153. The molecule has 0 amide bonds. The molecule has 0 fully saturated rings. The number of nitrogens with zero attached hydrogens (tertiary/aromatic N) is 2. The van der Waals surface area contributed by atoms with Crippen LogP contribution in [0.2, 0.25) is 0 Å². The van der Waals surface area contributed by atoms with Gasteiger partial charge >= 0.3 is 0 Å². The number of hydrogen-bond acceptors (Lipinski definition) is 2. The van der Waals surface area contributed by atoms with Crippen LogP contribution in [-0.4, -0.2) is 14.9 Å². The molecule has 1 heterocycles. The van der Waals surface area contributed by atoms with E-state index in [1.165, 1.54) is 0 Å². The normalized spacial score (nSPS) is 13.2. The molecule has 13 heavy (non-hydrogen) atoms. The molecule has 1 rings (SSSR count). The van der Waals surface area contributed by atoms with Crippen LogP contribution < -0.4 is 0 Å². The van der Waals surface area contributed by atoms with E-state index in [1.807, 2.05) is 17.7 Å². The molecule has 0 aliphatic heterocycles. The average Bonchev–Trinajstić information content (AvgIpc) is 2.61. The standard InChI is InChI=1S/C10H18N2O/c1-3-5-6-10(13)9-7-8-11-12(9)4-2/h7-8,10,13H,3-6H2,1-2H3. The highest BCUT2D eigenvalue weighted by Crippen LogP contribution is 2.18. The third kappa shape index (κ3) is 2.56. The average molecular weight is 182 g/mol. The van der Waals surface area contributed by atoms with Gasteiger partial charge in [-0.2, -0.15) is 5.10 Å². The fraction of sp³-hybridized carbons (Fsp3) is 0.700. The summed E-state index contributed by atoms with van der Waals surface area (Å²) < 4.78 is 1.85. The van der Waals surface area contributed by atoms with Crippen LogP contribution in [0.4, 0.5) is 0 Å². The van der Waals surface area contributed by atoms with E-state index in [2.05, 4.69) is 12.0 Å². The van der Waals surface area contributed by atoms with Gasteiger partial charge in [0.2, 0.25) is 0 Å². The molecule has 0 aromatic carbocycles. The smallest absolute Gasteiger partial charge is 0.0956 e. The number of aliphatic hydroxyl groups excluding tert-OH is 1. The van der Waals surface area contributed by atoms with Crippen molar-refractivity contribution in [2.75, 3.05) is 0 Å². The Labute approximate surface area is 79.4 Å². The Morgan fingerprint density at radius 3 is 2.92 bits per heavy atom. The van der Waals surface area contributed by atoms with Crippen molar-refractivity contribution in [3.8, 4) is 0 Å². The minimum absolute atomic E-state index is 0.345. The van der Waals surface area contributed by atoms with Gasteiger partial charge < -0.3 is 5.11 Å². The summed E-state index contributed by atoms with van der Waals surface area (Å²) in [6, 6.07) is 1.89. The molecule has 3 nitrogen and oxygen atoms in total. The van der Waals surface area contributed by atoms with E-state index in [4.69, 9.17) is 0 Å². The molecule has 0 radical (unpaired) electrons. The lowest BCUT2D eigenvalue weighted by atomic mass is 10.1. The second-order valence-electron chi connectivity index (χ2n) is 3.23. The zero-order valence-corrected chi connectivity index (χ0v) is 8.40. The predicted octanol–water partition coefficient (Wildman–Crippen LogP) is 2.13. The summed E-state index contributed by atoms with van der Waals surface area (Å²) in [5.41, 5.74) is 0.941. The first-order valence-electron chi connectivity index (χ1n) is 4.99. The number of aliphatic hydroxyl groups is 1. The first-order valence-corrected chi connectivity index (χ1v) is 4.99. The Morgan fingerprint density at radius 1 is 1.54 bits per heavy atom. The monoisotopic (exact) mass is 182 g/mol. The Bertz CT molecular complexity index is 245. The highest BCUT2D eigenvalue weighted by atomic mass is 16.3. The molecular formula is C10H18N2O. The van der Waals surface area contributed by atoms with Crippen LogP contribution in [-0.2, 0) is 6.54 Å². The van der Waals surface area contributed by atoms with E-state index in [-0.39, 0.29) is 6.10 Å². The highest BCUT2D eigenvalue weighted by Gasteiger charge is 2.10. The quantitative estimate of drug-likeness (QED) is 0.757. The van der Waals surface area contributed by atoms with Crippen LogP contribution in [0.25, 0.3) is 0 Å². The van der Waals surface area contributed by atoms with Crippen molar-refractivity contribution in [2.45, 2.75) is 45.8 Å². The van der Waals surface area contributed by atoms with Gasteiger partial charge in [-0.05, 0) is 19.4 Å². The summed E-state index contributed by atoms with van der Waals surface area (Å²) >= 11 is 0. The molecule has 1 aromatic heterocycles. The summed E-state index contributed by atoms with van der Waals surface area (Å²) in [4.78, 5) is 0. The van der Waals surface area contributed by atoms with Crippen LogP contribution >= 0.6 is 0 Å². The van der Waals surface area contributed by atoms with Crippen molar-refractivity contribution >= 4 is 0 Å². The minimum atomic E-state index is -0.345. The van der Waals surface area contributed by atoms with E-state index in [1.54, 1.807) is 6.20 Å². The van der Waals surface area contributed by atoms with Crippen LogP contribution in [0, 0.1) is 0 Å². The molecule has 0 bridgehead atoms. The van der Waals surface area contributed by atoms with Gasteiger partial charge in [0.15, 0.2) is 0 Å². The number of aromatic nitrogens is 2. The Hall–Kier alpha value is -0.830. The summed E-state index contributed by atoms with van der Waals surface area (Å²) in [6.07, 6.45) is 4.42. The number of rotatable bonds is 5. The van der Waals surface area contributed by atoms with Gasteiger partial charge in [0.05, 0.1) is 11.8 Å². The molecule has 1 unspecified atom stereocenters. The van der Waals surface area contributed by atoms with Gasteiger partial charge in [-0.15, -0.1) is 0 Å². The Kier molecular flexibility index (Phi) is 3.96. The summed E-state index contributed by atoms with van der Waals surface area (Å²) in [5.74, 6) is 0. The van der Waals surface area contributed by atoms with E-state index >= 15 is 0 Å². The van der Waals surface area contributed by atoms with Gasteiger partial charge in [0, 0.05) is 12.7 Å². The van der Waals surface area contributed by atoms with E-state index in [0.717, 1.165) is 31.5 Å². The Morgan fingerprint density at radius 2 is 2.31 bits per heavy atom. The first kappa shape index (κ1) is 10.3. The molecule has 1 atom stereocenters. The van der Waals surface area contributed by atoms with Crippen molar-refractivity contribution in [3.63, 3.8) is 0 Å². The largest absolute Gasteiger partial charge is 0.387 e. The molecule has 3 heteroatoms. The fourth-order valence-corrected chi connectivity index (χ4v) is 1.44. The second kappa shape index (κ2) is 5.02. The van der Waals surface area contributed by atoms with Gasteiger partial charge in [0.25, 0.3) is 0 Å². The maximum absolute atomic E-state index is 9.79. The Balaban J connectivity index is 2.59. The lowest BCUT2D eigenvalue weighted by Crippen LogP contribution is -2.07. The number of hydrogen-bond donors (Lipinski definition) is 1. The molecule has 1 N–H and O–H groups in total. The van der Waals surface area contributed by atoms with E-state index in [0.29, 0.717) is 0 Å². The molecule has 0 aliphatic carbocycles. The molecule has 0 saturated carbocycles. The van der Waals surface area contributed by atoms with Crippen molar-refractivity contribution < 1.29 is 5.11 Å². The molecular weight excluding hydrogens is 164 g/mol. The van der Waals surface area contributed by atoms with Crippen molar-refractivity contribution in [3.05, 3.63) is 18.0 Å². The van der Waals surface area contributed by atoms with Crippen molar-refractivity contribution in [2.24, 2.45) is 0 Å². The summed E-state index contributed by atoms with van der Waals surface area (Å²) in [7, 11) is 0. The fourth-order valence-electron chi connectivity index (χ4n) is 1.44. The maximum Gasteiger partial charge on any atom is 0.0956 e. The molecule has 0 aliphatic rings. The number of aryl methyl sites for hydroxylation is 1. The lowest BCUT2D eigenvalue weighted by Gasteiger charge is -2.11. The van der Waals surface area contributed by atoms with Gasteiger partial charge in [-0.3, -0.25) is 4.68 Å².